The van der Waals surface area contributed by atoms with Gasteiger partial charge in [0.2, 0.25) is 0 Å². The first-order valence-electron chi connectivity index (χ1n) is 8.48. The number of Topliss-reactive ketones (excluding diaryl/α,β-unsaturated/α-hetero) is 1. The average Bonchev–Trinajstić information content (AvgIpc) is 2.46. The predicted molar refractivity (Wildman–Crippen MR) is 82.2 cm³/mol. The average molecular weight is 267 g/mol. The highest BCUT2D eigenvalue weighted by atomic mass is 16.1. The Morgan fingerprint density at radius 3 is 2.11 bits per heavy atom. The molecule has 2 heteroatoms. The fourth-order valence-electron chi connectivity index (χ4n) is 3.33. The van der Waals surface area contributed by atoms with E-state index in [2.05, 4.69) is 6.92 Å². The molecule has 0 amide bonds. The first-order chi connectivity index (χ1) is 9.25. The number of hydrogen-bond acceptors (Lipinski definition) is 2. The Hall–Kier alpha value is -0.370. The molecule has 1 aliphatic carbocycles. The lowest BCUT2D eigenvalue weighted by Gasteiger charge is -2.34. The van der Waals surface area contributed by atoms with Crippen LogP contribution in [-0.4, -0.2) is 12.3 Å². The zero-order chi connectivity index (χ0) is 14.0. The van der Waals surface area contributed by atoms with Crippen molar-refractivity contribution in [2.45, 2.75) is 90.4 Å². The van der Waals surface area contributed by atoms with Crippen molar-refractivity contribution in [2.24, 2.45) is 11.1 Å². The van der Waals surface area contributed by atoms with Gasteiger partial charge >= 0.3 is 0 Å². The maximum absolute atomic E-state index is 12.4. The molecule has 1 fully saturated rings. The summed E-state index contributed by atoms with van der Waals surface area (Å²) in [7, 11) is 0. The molecule has 1 aliphatic rings. The quantitative estimate of drug-likeness (QED) is 0.588. The topological polar surface area (TPSA) is 43.1 Å². The Balaban J connectivity index is 2.15. The summed E-state index contributed by atoms with van der Waals surface area (Å²) in [6.07, 6.45) is 15.5. The van der Waals surface area contributed by atoms with Gasteiger partial charge in [-0.3, -0.25) is 4.79 Å². The number of nitrogens with two attached hydrogens (primary N) is 1. The Kier molecular flexibility index (Phi) is 8.36. The van der Waals surface area contributed by atoms with Gasteiger partial charge in [0, 0.05) is 18.4 Å². The molecule has 0 spiro atoms. The van der Waals surface area contributed by atoms with Crippen LogP contribution in [0, 0.1) is 5.41 Å². The molecule has 0 aliphatic heterocycles. The van der Waals surface area contributed by atoms with Gasteiger partial charge in [-0.05, 0) is 19.3 Å². The number of rotatable bonds is 10. The molecule has 112 valence electrons. The first-order valence-corrected chi connectivity index (χ1v) is 8.48. The van der Waals surface area contributed by atoms with Crippen LogP contribution in [0.25, 0.3) is 0 Å². The van der Waals surface area contributed by atoms with Gasteiger partial charge < -0.3 is 5.73 Å². The van der Waals surface area contributed by atoms with Crippen molar-refractivity contribution < 1.29 is 4.79 Å². The second-order valence-electron chi connectivity index (χ2n) is 6.34. The lowest BCUT2D eigenvalue weighted by molar-refractivity contribution is -0.130. The standard InChI is InChI=1S/C17H33NO/c1-2-3-4-5-6-7-9-12-16(19)17(15-18)13-10-8-11-14-17/h2-15,18H2,1H3. The summed E-state index contributed by atoms with van der Waals surface area (Å²) in [4.78, 5) is 12.4. The molecule has 1 saturated carbocycles. The third-order valence-corrected chi connectivity index (χ3v) is 4.80. The molecule has 0 radical (unpaired) electrons. The summed E-state index contributed by atoms with van der Waals surface area (Å²) in [5, 5.41) is 0. The summed E-state index contributed by atoms with van der Waals surface area (Å²) >= 11 is 0. The van der Waals surface area contributed by atoms with E-state index in [-0.39, 0.29) is 5.41 Å². The van der Waals surface area contributed by atoms with E-state index in [0.29, 0.717) is 12.3 Å². The second-order valence-corrected chi connectivity index (χ2v) is 6.34. The molecule has 0 saturated heterocycles. The van der Waals surface area contributed by atoms with Gasteiger partial charge in [0.05, 0.1) is 0 Å². The van der Waals surface area contributed by atoms with Crippen LogP contribution in [0.3, 0.4) is 0 Å². The Bertz CT molecular complexity index is 244. The summed E-state index contributed by atoms with van der Waals surface area (Å²) in [6.45, 7) is 2.82. The molecule has 0 aromatic heterocycles. The highest BCUT2D eigenvalue weighted by Gasteiger charge is 2.36. The molecular formula is C17H33NO. The lowest BCUT2D eigenvalue weighted by atomic mass is 9.70. The van der Waals surface area contributed by atoms with E-state index in [1.165, 1.54) is 57.8 Å². The van der Waals surface area contributed by atoms with Crippen molar-refractivity contribution >= 4 is 5.78 Å². The molecule has 0 heterocycles. The van der Waals surface area contributed by atoms with E-state index >= 15 is 0 Å². The van der Waals surface area contributed by atoms with E-state index < -0.39 is 0 Å². The Morgan fingerprint density at radius 1 is 0.947 bits per heavy atom. The van der Waals surface area contributed by atoms with Crippen molar-refractivity contribution in [3.8, 4) is 0 Å². The molecule has 0 aromatic carbocycles. The molecule has 19 heavy (non-hydrogen) atoms. The van der Waals surface area contributed by atoms with Gasteiger partial charge in [0.1, 0.15) is 5.78 Å². The highest BCUT2D eigenvalue weighted by molar-refractivity contribution is 5.85. The largest absolute Gasteiger partial charge is 0.329 e. The van der Waals surface area contributed by atoms with E-state index in [9.17, 15) is 4.79 Å². The van der Waals surface area contributed by atoms with Gasteiger partial charge in [-0.1, -0.05) is 64.7 Å². The normalized spacial score (nSPS) is 18.4. The van der Waals surface area contributed by atoms with Crippen molar-refractivity contribution in [2.75, 3.05) is 6.54 Å². The molecule has 0 atom stereocenters. The SMILES string of the molecule is CCCCCCCCCC(=O)C1(CN)CCCCC1. The lowest BCUT2D eigenvalue weighted by Crippen LogP contribution is -2.40. The van der Waals surface area contributed by atoms with Gasteiger partial charge in [-0.25, -0.2) is 0 Å². The van der Waals surface area contributed by atoms with Crippen LogP contribution in [0.15, 0.2) is 0 Å². The molecule has 2 N–H and O–H groups in total. The van der Waals surface area contributed by atoms with Crippen LogP contribution in [0.4, 0.5) is 0 Å². The smallest absolute Gasteiger partial charge is 0.140 e. The van der Waals surface area contributed by atoms with Gasteiger partial charge in [-0.15, -0.1) is 0 Å². The summed E-state index contributed by atoms with van der Waals surface area (Å²) in [5.41, 5.74) is 5.77. The number of carbonyl (C=O) groups excluding carboxylic acids is 1. The van der Waals surface area contributed by atoms with Crippen LogP contribution in [0.1, 0.15) is 90.4 Å². The van der Waals surface area contributed by atoms with Crippen LogP contribution < -0.4 is 5.73 Å². The zero-order valence-electron chi connectivity index (χ0n) is 12.9. The summed E-state index contributed by atoms with van der Waals surface area (Å²) < 4.78 is 0. The minimum atomic E-state index is -0.138. The number of carbonyl (C=O) groups is 1. The zero-order valence-corrected chi connectivity index (χ0v) is 12.9. The van der Waals surface area contributed by atoms with Crippen molar-refractivity contribution in [1.82, 2.24) is 0 Å². The van der Waals surface area contributed by atoms with Crippen molar-refractivity contribution in [1.29, 1.82) is 0 Å². The van der Waals surface area contributed by atoms with E-state index in [1.54, 1.807) is 0 Å². The minimum Gasteiger partial charge on any atom is -0.329 e. The van der Waals surface area contributed by atoms with E-state index in [4.69, 9.17) is 5.73 Å². The maximum atomic E-state index is 12.4. The maximum Gasteiger partial charge on any atom is 0.140 e. The molecule has 0 unspecified atom stereocenters. The van der Waals surface area contributed by atoms with Gasteiger partial charge in [0.15, 0.2) is 0 Å². The molecule has 0 bridgehead atoms. The fourth-order valence-corrected chi connectivity index (χ4v) is 3.33. The van der Waals surface area contributed by atoms with Crippen molar-refractivity contribution in [3.05, 3.63) is 0 Å². The third kappa shape index (κ3) is 5.64. The number of ketones is 1. The molecular weight excluding hydrogens is 234 g/mol. The van der Waals surface area contributed by atoms with Crippen LogP contribution >= 0.6 is 0 Å². The highest BCUT2D eigenvalue weighted by Crippen LogP contribution is 2.37. The first kappa shape index (κ1) is 16.7. The second kappa shape index (κ2) is 9.52. The predicted octanol–water partition coefficient (Wildman–Crippen LogP) is 4.61. The number of unbranched alkanes of at least 4 members (excludes halogenated alkanes) is 6. The van der Waals surface area contributed by atoms with Crippen LogP contribution in [0.2, 0.25) is 0 Å². The third-order valence-electron chi connectivity index (χ3n) is 4.80. The molecule has 1 rings (SSSR count). The van der Waals surface area contributed by atoms with Gasteiger partial charge in [-0.2, -0.15) is 0 Å². The monoisotopic (exact) mass is 267 g/mol. The molecule has 2 nitrogen and oxygen atoms in total. The van der Waals surface area contributed by atoms with Crippen LogP contribution in [-0.2, 0) is 4.79 Å². The fraction of sp³-hybridized carbons (Fsp3) is 0.941. The van der Waals surface area contributed by atoms with Gasteiger partial charge in [0.25, 0.3) is 0 Å². The Labute approximate surface area is 119 Å². The molecule has 0 aromatic rings. The van der Waals surface area contributed by atoms with E-state index in [0.717, 1.165) is 25.7 Å². The number of hydrogen-bond donors (Lipinski definition) is 1. The van der Waals surface area contributed by atoms with Crippen LogP contribution in [0.5, 0.6) is 0 Å². The Morgan fingerprint density at radius 2 is 1.53 bits per heavy atom. The van der Waals surface area contributed by atoms with E-state index in [1.807, 2.05) is 0 Å². The summed E-state index contributed by atoms with van der Waals surface area (Å²) in [6, 6.07) is 0. The summed E-state index contributed by atoms with van der Waals surface area (Å²) in [5.74, 6) is 0.461. The van der Waals surface area contributed by atoms with Crippen molar-refractivity contribution in [3.63, 3.8) is 0 Å². The minimum absolute atomic E-state index is 0.138.